The predicted octanol–water partition coefficient (Wildman–Crippen LogP) is 3.91. The smallest absolute Gasteiger partial charge is 0.264 e. The number of hydrogen-bond acceptors (Lipinski definition) is 4. The molecule has 3 aromatic rings. The van der Waals surface area contributed by atoms with Gasteiger partial charge in [-0.1, -0.05) is 35.0 Å². The summed E-state index contributed by atoms with van der Waals surface area (Å²) in [7, 11) is 0. The third kappa shape index (κ3) is 2.80. The summed E-state index contributed by atoms with van der Waals surface area (Å²) in [5, 5.41) is 8.34. The first-order chi connectivity index (χ1) is 11.6. The summed E-state index contributed by atoms with van der Waals surface area (Å²) in [5.74, 6) is 1.19. The van der Waals surface area contributed by atoms with E-state index in [0.717, 1.165) is 39.0 Å². The monoisotopic (exact) mass is 387 g/mol. The molecule has 1 radical (unpaired) electrons. The Kier molecular flexibility index (Phi) is 4.87. The van der Waals surface area contributed by atoms with Crippen molar-refractivity contribution in [2.24, 2.45) is 5.73 Å². The molecular weight excluding hydrogens is 368 g/mol. The molecule has 0 unspecified atom stereocenters. The number of nitrogens with two attached hydrogens (primary N) is 1. The Morgan fingerprint density at radius 2 is 2.12 bits per heavy atom. The van der Waals surface area contributed by atoms with Gasteiger partial charge in [-0.25, -0.2) is 0 Å². The van der Waals surface area contributed by atoms with E-state index in [1.165, 1.54) is 0 Å². The van der Waals surface area contributed by atoms with Crippen molar-refractivity contribution >= 4 is 15.9 Å². The van der Waals surface area contributed by atoms with Gasteiger partial charge in [0.05, 0.1) is 0 Å². The van der Waals surface area contributed by atoms with Gasteiger partial charge in [0.1, 0.15) is 5.69 Å². The van der Waals surface area contributed by atoms with E-state index in [9.17, 15) is 0 Å². The highest BCUT2D eigenvalue weighted by atomic mass is 79.9. The topological polar surface area (TPSA) is 69.9 Å². The predicted molar refractivity (Wildman–Crippen MR) is 97.6 cm³/mol. The molecule has 0 amide bonds. The molecule has 3 rings (SSSR count). The van der Waals surface area contributed by atoms with Crippen LogP contribution >= 0.6 is 15.9 Å². The number of nitrogens with zero attached hydrogens (tertiary/aromatic N) is 3. The van der Waals surface area contributed by atoms with Gasteiger partial charge >= 0.3 is 0 Å². The van der Waals surface area contributed by atoms with Crippen LogP contribution in [0.2, 0.25) is 0 Å². The zero-order valence-corrected chi connectivity index (χ0v) is 15.6. The third-order valence-corrected chi connectivity index (χ3v) is 4.83. The SMILES string of the molecule is CCc1nnc(-c2c(C)c(-c3cc[c]cc3Br)c(C)n2CCN)o1. The average Bonchev–Trinajstić information content (AvgIpc) is 3.13. The summed E-state index contributed by atoms with van der Waals surface area (Å²) in [6, 6.07) is 8.99. The molecule has 2 N–H and O–H groups in total. The van der Waals surface area contributed by atoms with E-state index < -0.39 is 0 Å². The maximum atomic E-state index is 5.83. The van der Waals surface area contributed by atoms with Gasteiger partial charge in [-0.15, -0.1) is 10.2 Å². The van der Waals surface area contributed by atoms with Crippen molar-refractivity contribution < 1.29 is 4.42 Å². The molecule has 0 aliphatic heterocycles. The molecule has 5 nitrogen and oxygen atoms in total. The number of aryl methyl sites for hydroxylation is 1. The maximum Gasteiger partial charge on any atom is 0.264 e. The third-order valence-electron chi connectivity index (χ3n) is 4.17. The Hall–Kier alpha value is -1.92. The number of aromatic nitrogens is 3. The quantitative estimate of drug-likeness (QED) is 0.720. The van der Waals surface area contributed by atoms with Crippen molar-refractivity contribution in [2.45, 2.75) is 33.7 Å². The van der Waals surface area contributed by atoms with E-state index in [4.69, 9.17) is 10.2 Å². The molecule has 0 aliphatic rings. The molecule has 0 bridgehead atoms. The second kappa shape index (κ2) is 6.91. The summed E-state index contributed by atoms with van der Waals surface area (Å²) in [6.45, 7) is 7.42. The lowest BCUT2D eigenvalue weighted by Gasteiger charge is -2.09. The molecule has 125 valence electrons. The van der Waals surface area contributed by atoms with Crippen LogP contribution in [0.25, 0.3) is 22.7 Å². The lowest BCUT2D eigenvalue weighted by molar-refractivity contribution is 0.506. The van der Waals surface area contributed by atoms with Gasteiger partial charge < -0.3 is 14.7 Å². The summed E-state index contributed by atoms with van der Waals surface area (Å²) in [5.41, 5.74) is 11.3. The summed E-state index contributed by atoms with van der Waals surface area (Å²) >= 11 is 3.63. The minimum Gasteiger partial charge on any atom is -0.419 e. The zero-order valence-electron chi connectivity index (χ0n) is 14.1. The van der Waals surface area contributed by atoms with Crippen molar-refractivity contribution in [3.63, 3.8) is 0 Å². The van der Waals surface area contributed by atoms with Crippen molar-refractivity contribution in [3.05, 3.63) is 45.9 Å². The number of halogens is 1. The number of rotatable bonds is 5. The van der Waals surface area contributed by atoms with Crippen LogP contribution in [0.4, 0.5) is 0 Å². The first-order valence-electron chi connectivity index (χ1n) is 7.96. The summed E-state index contributed by atoms with van der Waals surface area (Å²) in [4.78, 5) is 0. The molecule has 0 spiro atoms. The lowest BCUT2D eigenvalue weighted by Crippen LogP contribution is -2.12. The van der Waals surface area contributed by atoms with Gasteiger partial charge in [0.25, 0.3) is 5.89 Å². The highest BCUT2D eigenvalue weighted by molar-refractivity contribution is 9.10. The Balaban J connectivity index is 2.26. The standard InChI is InChI=1S/C18H20BrN4O/c1-4-15-21-22-18(24-15)17-11(2)16(12(3)23(17)10-9-20)13-7-5-6-8-14(13)19/h5,7-8H,4,9-10,20H2,1-3H3. The second-order valence-corrected chi connectivity index (χ2v) is 6.49. The molecule has 0 saturated heterocycles. The molecule has 6 heteroatoms. The van der Waals surface area contributed by atoms with E-state index in [1.54, 1.807) is 0 Å². The molecule has 0 fully saturated rings. The Morgan fingerprint density at radius 1 is 1.33 bits per heavy atom. The molecule has 2 aromatic heterocycles. The Morgan fingerprint density at radius 3 is 2.75 bits per heavy atom. The molecule has 24 heavy (non-hydrogen) atoms. The fourth-order valence-electron chi connectivity index (χ4n) is 3.08. The summed E-state index contributed by atoms with van der Waals surface area (Å²) < 4.78 is 8.99. The molecule has 0 atom stereocenters. The molecule has 1 aromatic carbocycles. The molecule has 0 saturated carbocycles. The summed E-state index contributed by atoms with van der Waals surface area (Å²) in [6.07, 6.45) is 0.718. The van der Waals surface area contributed by atoms with Gasteiger partial charge in [-0.3, -0.25) is 0 Å². The van der Waals surface area contributed by atoms with Crippen molar-refractivity contribution in [3.8, 4) is 22.7 Å². The van der Waals surface area contributed by atoms with Crippen molar-refractivity contribution in [2.75, 3.05) is 6.54 Å². The first kappa shape index (κ1) is 16.9. The lowest BCUT2D eigenvalue weighted by atomic mass is 10.0. The van der Waals surface area contributed by atoms with Crippen molar-refractivity contribution in [1.29, 1.82) is 0 Å². The van der Waals surface area contributed by atoms with Crippen molar-refractivity contribution in [1.82, 2.24) is 14.8 Å². The van der Waals surface area contributed by atoms with E-state index in [2.05, 4.69) is 56.7 Å². The van der Waals surface area contributed by atoms with Gasteiger partial charge in [0, 0.05) is 35.2 Å². The van der Waals surface area contributed by atoms with Crippen LogP contribution in [-0.2, 0) is 13.0 Å². The van der Waals surface area contributed by atoms with Gasteiger partial charge in [0.15, 0.2) is 0 Å². The van der Waals surface area contributed by atoms with Crippen LogP contribution in [0.1, 0.15) is 24.1 Å². The van der Waals surface area contributed by atoms with Crippen LogP contribution in [0.5, 0.6) is 0 Å². The van der Waals surface area contributed by atoms with E-state index in [0.29, 0.717) is 24.9 Å². The van der Waals surface area contributed by atoms with Gasteiger partial charge in [0.2, 0.25) is 5.89 Å². The number of hydrogen-bond donors (Lipinski definition) is 1. The minimum absolute atomic E-state index is 0.542. The van der Waals surface area contributed by atoms with Crippen LogP contribution in [0.3, 0.4) is 0 Å². The highest BCUT2D eigenvalue weighted by Gasteiger charge is 2.24. The normalized spacial score (nSPS) is 11.2. The van der Waals surface area contributed by atoms with E-state index in [-0.39, 0.29) is 0 Å². The Bertz CT molecular complexity index is 866. The molecular formula is C18H20BrN4O. The van der Waals surface area contributed by atoms with E-state index >= 15 is 0 Å². The van der Waals surface area contributed by atoms with Crippen LogP contribution in [0, 0.1) is 19.9 Å². The number of benzene rings is 1. The average molecular weight is 388 g/mol. The van der Waals surface area contributed by atoms with Gasteiger partial charge in [-0.05, 0) is 37.1 Å². The van der Waals surface area contributed by atoms with Crippen LogP contribution in [-0.4, -0.2) is 21.3 Å². The fourth-order valence-corrected chi connectivity index (χ4v) is 3.54. The van der Waals surface area contributed by atoms with E-state index in [1.807, 2.05) is 19.1 Å². The van der Waals surface area contributed by atoms with Gasteiger partial charge in [-0.2, -0.15) is 0 Å². The van der Waals surface area contributed by atoms with Crippen LogP contribution < -0.4 is 5.73 Å². The minimum atomic E-state index is 0.542. The van der Waals surface area contributed by atoms with Crippen LogP contribution in [0.15, 0.2) is 27.1 Å². The molecule has 0 aliphatic carbocycles. The largest absolute Gasteiger partial charge is 0.419 e. The highest BCUT2D eigenvalue weighted by Crippen LogP contribution is 2.39. The second-order valence-electron chi connectivity index (χ2n) is 5.63. The first-order valence-corrected chi connectivity index (χ1v) is 8.76. The fraction of sp³-hybridized carbons (Fsp3) is 0.333. The zero-order chi connectivity index (χ0) is 17.3. The Labute approximate surface area is 150 Å². The maximum absolute atomic E-state index is 5.83. The molecule has 2 heterocycles.